The van der Waals surface area contributed by atoms with Crippen LogP contribution < -0.4 is 5.32 Å². The summed E-state index contributed by atoms with van der Waals surface area (Å²) in [6.45, 7) is 6.32. The van der Waals surface area contributed by atoms with Gasteiger partial charge in [0, 0.05) is 13.1 Å². The van der Waals surface area contributed by atoms with Crippen LogP contribution >= 0.6 is 0 Å². The zero-order valence-corrected chi connectivity index (χ0v) is 11.7. The molecule has 0 radical (unpaired) electrons. The summed E-state index contributed by atoms with van der Waals surface area (Å²) in [5, 5.41) is 3.51. The maximum absolute atomic E-state index is 12.1. The van der Waals surface area contributed by atoms with Gasteiger partial charge in [-0.3, -0.25) is 4.79 Å². The Labute approximate surface area is 110 Å². The number of carbonyl (C=O) groups excluding carboxylic acids is 1. The fourth-order valence-electron chi connectivity index (χ4n) is 2.78. The lowest BCUT2D eigenvalue weighted by molar-refractivity contribution is -0.151. The van der Waals surface area contributed by atoms with Crippen molar-refractivity contribution in [2.75, 3.05) is 33.3 Å². The summed E-state index contributed by atoms with van der Waals surface area (Å²) in [6.07, 6.45) is 5.57. The number of esters is 1. The first-order valence-electron chi connectivity index (χ1n) is 7.26. The lowest BCUT2D eigenvalue weighted by Crippen LogP contribution is -2.59. The summed E-state index contributed by atoms with van der Waals surface area (Å²) in [4.78, 5) is 14.5. The zero-order chi connectivity index (χ0) is 13.0. The van der Waals surface area contributed by atoms with Gasteiger partial charge in [0.1, 0.15) is 5.54 Å². The minimum atomic E-state index is -0.415. The maximum atomic E-state index is 12.1. The number of rotatable bonds is 6. The number of hydrogen-bond donors (Lipinski definition) is 1. The molecule has 0 amide bonds. The molecule has 2 fully saturated rings. The van der Waals surface area contributed by atoms with Crippen LogP contribution in [0.3, 0.4) is 0 Å². The van der Waals surface area contributed by atoms with Crippen LogP contribution in [0.1, 0.15) is 39.0 Å². The molecule has 1 aliphatic heterocycles. The summed E-state index contributed by atoms with van der Waals surface area (Å²) >= 11 is 0. The van der Waals surface area contributed by atoms with Crippen molar-refractivity contribution in [1.82, 2.24) is 10.2 Å². The minimum Gasteiger partial charge on any atom is -0.468 e. The highest BCUT2D eigenvalue weighted by atomic mass is 16.5. The van der Waals surface area contributed by atoms with Crippen molar-refractivity contribution in [3.63, 3.8) is 0 Å². The largest absolute Gasteiger partial charge is 0.468 e. The molecular formula is C14H26N2O2. The molecule has 104 valence electrons. The molecule has 1 aliphatic carbocycles. The van der Waals surface area contributed by atoms with E-state index in [4.69, 9.17) is 4.74 Å². The Hall–Kier alpha value is -0.610. The van der Waals surface area contributed by atoms with E-state index in [1.165, 1.54) is 26.4 Å². The van der Waals surface area contributed by atoms with Crippen molar-refractivity contribution in [2.24, 2.45) is 5.92 Å². The number of nitrogens with one attached hydrogen (secondary N) is 1. The van der Waals surface area contributed by atoms with Crippen molar-refractivity contribution < 1.29 is 9.53 Å². The number of piperidine rings is 1. The first-order chi connectivity index (χ1) is 8.70. The third kappa shape index (κ3) is 3.23. The van der Waals surface area contributed by atoms with Crippen molar-refractivity contribution in [3.8, 4) is 0 Å². The van der Waals surface area contributed by atoms with Crippen LogP contribution in [0.4, 0.5) is 0 Å². The van der Waals surface area contributed by atoms with E-state index in [1.807, 2.05) is 0 Å². The maximum Gasteiger partial charge on any atom is 0.326 e. The SMILES string of the molecule is CCCN1CCC(NCC2CC2)(C(=O)OC)CC1. The molecule has 18 heavy (non-hydrogen) atoms. The number of nitrogens with zero attached hydrogens (tertiary/aromatic N) is 1. The highest BCUT2D eigenvalue weighted by Gasteiger charge is 2.42. The predicted molar refractivity (Wildman–Crippen MR) is 71.4 cm³/mol. The number of hydrogen-bond acceptors (Lipinski definition) is 4. The summed E-state index contributed by atoms with van der Waals surface area (Å²) < 4.78 is 5.02. The summed E-state index contributed by atoms with van der Waals surface area (Å²) in [7, 11) is 1.50. The van der Waals surface area contributed by atoms with Gasteiger partial charge >= 0.3 is 5.97 Å². The molecule has 1 saturated heterocycles. The van der Waals surface area contributed by atoms with E-state index >= 15 is 0 Å². The predicted octanol–water partition coefficient (Wildman–Crippen LogP) is 1.40. The van der Waals surface area contributed by atoms with E-state index in [-0.39, 0.29) is 5.97 Å². The Balaban J connectivity index is 1.91. The van der Waals surface area contributed by atoms with Crippen molar-refractivity contribution >= 4 is 5.97 Å². The molecule has 0 spiro atoms. The second-order valence-electron chi connectivity index (χ2n) is 5.74. The van der Waals surface area contributed by atoms with E-state index in [9.17, 15) is 4.79 Å². The molecule has 1 N–H and O–H groups in total. The lowest BCUT2D eigenvalue weighted by atomic mass is 9.87. The highest BCUT2D eigenvalue weighted by molar-refractivity contribution is 5.81. The number of carbonyl (C=O) groups is 1. The molecule has 0 aromatic rings. The molecule has 0 unspecified atom stereocenters. The Kier molecular flexibility index (Phi) is 4.62. The van der Waals surface area contributed by atoms with Gasteiger partial charge in [-0.2, -0.15) is 0 Å². The van der Waals surface area contributed by atoms with Gasteiger partial charge in [-0.1, -0.05) is 6.92 Å². The van der Waals surface area contributed by atoms with Crippen LogP contribution in [0.15, 0.2) is 0 Å². The number of methoxy groups -OCH3 is 1. The monoisotopic (exact) mass is 254 g/mol. The summed E-state index contributed by atoms with van der Waals surface area (Å²) in [6, 6.07) is 0. The van der Waals surface area contributed by atoms with E-state index in [1.54, 1.807) is 0 Å². The third-order valence-electron chi connectivity index (χ3n) is 4.25. The van der Waals surface area contributed by atoms with Gasteiger partial charge in [0.15, 0.2) is 0 Å². The van der Waals surface area contributed by atoms with Crippen LogP contribution in [0, 0.1) is 5.92 Å². The molecule has 4 heteroatoms. The van der Waals surface area contributed by atoms with Gasteiger partial charge in [-0.15, -0.1) is 0 Å². The van der Waals surface area contributed by atoms with Gasteiger partial charge in [-0.05, 0) is 51.1 Å². The molecule has 2 rings (SSSR count). The first kappa shape index (κ1) is 13.8. The van der Waals surface area contributed by atoms with Crippen LogP contribution in [0.25, 0.3) is 0 Å². The average Bonchev–Trinajstić information content (AvgIpc) is 3.22. The molecule has 2 aliphatic rings. The first-order valence-corrected chi connectivity index (χ1v) is 7.26. The van der Waals surface area contributed by atoms with Crippen LogP contribution in [0.2, 0.25) is 0 Å². The second-order valence-corrected chi connectivity index (χ2v) is 5.74. The molecule has 0 atom stereocenters. The molecule has 0 aromatic heterocycles. The topological polar surface area (TPSA) is 41.6 Å². The molecule has 4 nitrogen and oxygen atoms in total. The van der Waals surface area contributed by atoms with Gasteiger partial charge < -0.3 is 15.0 Å². The van der Waals surface area contributed by atoms with Crippen LogP contribution in [0.5, 0.6) is 0 Å². The van der Waals surface area contributed by atoms with Crippen molar-refractivity contribution in [1.29, 1.82) is 0 Å². The molecule has 1 heterocycles. The van der Waals surface area contributed by atoms with Gasteiger partial charge in [0.05, 0.1) is 7.11 Å². The number of ether oxygens (including phenoxy) is 1. The second kappa shape index (κ2) is 6.02. The molecule has 1 saturated carbocycles. The van der Waals surface area contributed by atoms with Gasteiger partial charge in [0.25, 0.3) is 0 Å². The summed E-state index contributed by atoms with van der Waals surface area (Å²) in [5.74, 6) is 0.722. The van der Waals surface area contributed by atoms with Crippen molar-refractivity contribution in [3.05, 3.63) is 0 Å². The molecular weight excluding hydrogens is 228 g/mol. The Morgan fingerprint density at radius 3 is 2.56 bits per heavy atom. The summed E-state index contributed by atoms with van der Waals surface area (Å²) in [5.41, 5.74) is -0.415. The third-order valence-corrected chi connectivity index (χ3v) is 4.25. The smallest absolute Gasteiger partial charge is 0.326 e. The van der Waals surface area contributed by atoms with Crippen molar-refractivity contribution in [2.45, 2.75) is 44.6 Å². The Bertz CT molecular complexity index is 282. The Morgan fingerprint density at radius 1 is 1.39 bits per heavy atom. The minimum absolute atomic E-state index is 0.0701. The standard InChI is InChI=1S/C14H26N2O2/c1-3-8-16-9-6-14(7-10-16,13(17)18-2)15-11-12-4-5-12/h12,15H,3-11H2,1-2H3. The van der Waals surface area contributed by atoms with E-state index in [0.29, 0.717) is 0 Å². The van der Waals surface area contributed by atoms with E-state index in [0.717, 1.165) is 44.9 Å². The van der Waals surface area contributed by atoms with E-state index < -0.39 is 5.54 Å². The quantitative estimate of drug-likeness (QED) is 0.728. The van der Waals surface area contributed by atoms with Gasteiger partial charge in [0.2, 0.25) is 0 Å². The Morgan fingerprint density at radius 2 is 2.06 bits per heavy atom. The zero-order valence-electron chi connectivity index (χ0n) is 11.7. The average molecular weight is 254 g/mol. The molecule has 0 bridgehead atoms. The van der Waals surface area contributed by atoms with Crippen LogP contribution in [-0.4, -0.2) is 49.7 Å². The van der Waals surface area contributed by atoms with Crippen LogP contribution in [-0.2, 0) is 9.53 Å². The highest BCUT2D eigenvalue weighted by Crippen LogP contribution is 2.30. The fourth-order valence-corrected chi connectivity index (χ4v) is 2.78. The van der Waals surface area contributed by atoms with Gasteiger partial charge in [-0.25, -0.2) is 0 Å². The van der Waals surface area contributed by atoms with E-state index in [2.05, 4.69) is 17.1 Å². The number of likely N-dealkylation sites (tertiary alicyclic amines) is 1. The molecule has 0 aromatic carbocycles. The normalized spacial score (nSPS) is 23.9. The fraction of sp³-hybridized carbons (Fsp3) is 0.929. The lowest BCUT2D eigenvalue weighted by Gasteiger charge is -2.40.